The number of anilines is 2. The van der Waals surface area contributed by atoms with Gasteiger partial charge in [0.05, 0.1) is 42.4 Å². The van der Waals surface area contributed by atoms with Gasteiger partial charge in [-0.2, -0.15) is 0 Å². The Labute approximate surface area is 146 Å². The summed E-state index contributed by atoms with van der Waals surface area (Å²) in [5, 5.41) is 0. The van der Waals surface area contributed by atoms with Crippen LogP contribution in [0.4, 0.5) is 11.4 Å². The average Bonchev–Trinajstić information content (AvgIpc) is 3.25. The fourth-order valence-corrected chi connectivity index (χ4v) is 4.54. The molecule has 0 saturated carbocycles. The van der Waals surface area contributed by atoms with E-state index in [4.69, 9.17) is 9.47 Å². The van der Waals surface area contributed by atoms with Gasteiger partial charge in [-0.1, -0.05) is 12.2 Å². The maximum Gasteiger partial charge on any atom is 0.241 e. The Morgan fingerprint density at radius 2 is 1.72 bits per heavy atom. The number of imide groups is 1. The molecule has 5 rings (SSSR count). The lowest BCUT2D eigenvalue weighted by molar-refractivity contribution is -0.126. The minimum absolute atomic E-state index is 0.146. The zero-order valence-electron chi connectivity index (χ0n) is 14.1. The van der Waals surface area contributed by atoms with Crippen LogP contribution in [0.3, 0.4) is 0 Å². The van der Waals surface area contributed by atoms with Crippen molar-refractivity contribution in [3.05, 3.63) is 36.4 Å². The number of nitrogens with zero attached hydrogens (tertiary/aromatic N) is 2. The van der Waals surface area contributed by atoms with Crippen molar-refractivity contribution in [1.29, 1.82) is 0 Å². The summed E-state index contributed by atoms with van der Waals surface area (Å²) < 4.78 is 11.2. The molecule has 4 heterocycles. The molecule has 4 atom stereocenters. The van der Waals surface area contributed by atoms with Gasteiger partial charge in [0.25, 0.3) is 0 Å². The van der Waals surface area contributed by atoms with Gasteiger partial charge in [-0.25, -0.2) is 4.90 Å². The Balaban J connectivity index is 1.42. The summed E-state index contributed by atoms with van der Waals surface area (Å²) in [7, 11) is 0. The molecule has 6 heteroatoms. The van der Waals surface area contributed by atoms with E-state index in [1.165, 1.54) is 4.90 Å². The Hall–Kier alpha value is -2.18. The van der Waals surface area contributed by atoms with E-state index in [-0.39, 0.29) is 23.8 Å². The minimum Gasteiger partial charge on any atom is -0.378 e. The van der Waals surface area contributed by atoms with E-state index < -0.39 is 11.5 Å². The summed E-state index contributed by atoms with van der Waals surface area (Å²) in [5.41, 5.74) is 1.08. The third kappa shape index (κ3) is 2.04. The molecule has 25 heavy (non-hydrogen) atoms. The van der Waals surface area contributed by atoms with Crippen LogP contribution in [0.15, 0.2) is 36.4 Å². The van der Waals surface area contributed by atoms with E-state index in [1.54, 1.807) is 0 Å². The van der Waals surface area contributed by atoms with Crippen LogP contribution >= 0.6 is 0 Å². The van der Waals surface area contributed by atoms with Crippen molar-refractivity contribution < 1.29 is 19.1 Å². The quantitative estimate of drug-likeness (QED) is 0.601. The van der Waals surface area contributed by atoms with E-state index in [1.807, 2.05) is 43.3 Å². The van der Waals surface area contributed by atoms with Crippen molar-refractivity contribution in [1.82, 2.24) is 0 Å². The van der Waals surface area contributed by atoms with Crippen molar-refractivity contribution in [2.24, 2.45) is 11.8 Å². The maximum absolute atomic E-state index is 12.9. The first-order valence-corrected chi connectivity index (χ1v) is 8.76. The van der Waals surface area contributed by atoms with Crippen LogP contribution in [-0.4, -0.2) is 49.8 Å². The van der Waals surface area contributed by atoms with E-state index in [9.17, 15) is 9.59 Å². The molecule has 0 aromatic heterocycles. The lowest BCUT2D eigenvalue weighted by Gasteiger charge is -2.29. The van der Waals surface area contributed by atoms with Gasteiger partial charge in [0, 0.05) is 18.8 Å². The molecule has 1 aromatic carbocycles. The lowest BCUT2D eigenvalue weighted by atomic mass is 9.78. The number of hydrogen-bond donors (Lipinski definition) is 0. The fourth-order valence-electron chi connectivity index (χ4n) is 4.54. The molecule has 3 fully saturated rings. The number of rotatable bonds is 2. The summed E-state index contributed by atoms with van der Waals surface area (Å²) in [6.07, 6.45) is 3.57. The Morgan fingerprint density at radius 3 is 2.40 bits per heavy atom. The highest BCUT2D eigenvalue weighted by Crippen LogP contribution is 2.52. The average molecular weight is 340 g/mol. The second-order valence-corrected chi connectivity index (χ2v) is 7.26. The number of morpholine rings is 1. The Kier molecular flexibility index (Phi) is 3.12. The molecule has 3 saturated heterocycles. The molecule has 2 bridgehead atoms. The second kappa shape index (κ2) is 5.16. The van der Waals surface area contributed by atoms with Gasteiger partial charge in [0.1, 0.15) is 0 Å². The highest BCUT2D eigenvalue weighted by Gasteiger charge is 2.66. The first-order valence-electron chi connectivity index (χ1n) is 8.76. The highest BCUT2D eigenvalue weighted by atomic mass is 16.5. The molecular weight excluding hydrogens is 320 g/mol. The molecule has 0 aliphatic carbocycles. The third-order valence-corrected chi connectivity index (χ3v) is 5.81. The van der Waals surface area contributed by atoms with Crippen molar-refractivity contribution in [3.8, 4) is 0 Å². The van der Waals surface area contributed by atoms with Crippen LogP contribution in [0.5, 0.6) is 0 Å². The van der Waals surface area contributed by atoms with E-state index in [0.29, 0.717) is 5.69 Å². The number of amides is 2. The van der Waals surface area contributed by atoms with Crippen molar-refractivity contribution in [2.45, 2.75) is 18.6 Å². The molecule has 130 valence electrons. The number of carbonyl (C=O) groups excluding carboxylic acids is 2. The Bertz CT molecular complexity index is 768. The SMILES string of the molecule is C[C@]12C=C[C@@H](O1)[C@@H]1C(=O)N(c3ccc(N4CCOCC4)cc3)C(=O)[C@@H]12. The van der Waals surface area contributed by atoms with E-state index in [0.717, 1.165) is 32.0 Å². The smallest absolute Gasteiger partial charge is 0.241 e. The van der Waals surface area contributed by atoms with Crippen LogP contribution in [0, 0.1) is 11.8 Å². The molecule has 0 unspecified atom stereocenters. The number of hydrogen-bond acceptors (Lipinski definition) is 5. The molecule has 4 aliphatic heterocycles. The summed E-state index contributed by atoms with van der Waals surface area (Å²) >= 11 is 0. The molecule has 4 aliphatic rings. The standard InChI is InChI=1S/C19H20N2O4/c1-19-7-6-14(25-19)15-16(19)18(23)21(17(15)22)13-4-2-12(3-5-13)20-8-10-24-11-9-20/h2-7,14-16H,8-11H2,1H3/t14-,15+,16-,19-/m1/s1. The largest absolute Gasteiger partial charge is 0.378 e. The molecule has 0 N–H and O–H groups in total. The maximum atomic E-state index is 12.9. The monoisotopic (exact) mass is 340 g/mol. The van der Waals surface area contributed by atoms with Crippen LogP contribution in [0.2, 0.25) is 0 Å². The number of benzene rings is 1. The fraction of sp³-hybridized carbons (Fsp3) is 0.474. The van der Waals surface area contributed by atoms with E-state index in [2.05, 4.69) is 4.90 Å². The normalized spacial score (nSPS) is 36.4. The lowest BCUT2D eigenvalue weighted by Crippen LogP contribution is -2.38. The number of ether oxygens (including phenoxy) is 2. The molecule has 0 radical (unpaired) electrons. The van der Waals surface area contributed by atoms with Crippen LogP contribution < -0.4 is 9.80 Å². The van der Waals surface area contributed by atoms with Crippen LogP contribution in [-0.2, 0) is 19.1 Å². The predicted molar refractivity (Wildman–Crippen MR) is 91.4 cm³/mol. The van der Waals surface area contributed by atoms with E-state index >= 15 is 0 Å². The zero-order chi connectivity index (χ0) is 17.2. The first-order chi connectivity index (χ1) is 12.1. The predicted octanol–water partition coefficient (Wildman–Crippen LogP) is 1.36. The van der Waals surface area contributed by atoms with Crippen molar-refractivity contribution >= 4 is 23.2 Å². The minimum atomic E-state index is -0.648. The van der Waals surface area contributed by atoms with Gasteiger partial charge in [-0.05, 0) is 31.2 Å². The molecular formula is C19H20N2O4. The van der Waals surface area contributed by atoms with Gasteiger partial charge in [0.2, 0.25) is 11.8 Å². The summed E-state index contributed by atoms with van der Waals surface area (Å²) in [4.78, 5) is 29.4. The molecule has 6 nitrogen and oxygen atoms in total. The number of carbonyl (C=O) groups is 2. The van der Waals surface area contributed by atoms with Crippen molar-refractivity contribution in [3.63, 3.8) is 0 Å². The highest BCUT2D eigenvalue weighted by molar-refractivity contribution is 6.23. The molecule has 1 aromatic rings. The van der Waals surface area contributed by atoms with Crippen molar-refractivity contribution in [2.75, 3.05) is 36.1 Å². The summed E-state index contributed by atoms with van der Waals surface area (Å²) in [5.74, 6) is -1.09. The van der Waals surface area contributed by atoms with Gasteiger partial charge in [0.15, 0.2) is 0 Å². The Morgan fingerprint density at radius 1 is 1.04 bits per heavy atom. The van der Waals surface area contributed by atoms with Gasteiger partial charge in [-0.15, -0.1) is 0 Å². The topological polar surface area (TPSA) is 59.1 Å². The summed E-state index contributed by atoms with van der Waals surface area (Å²) in [6, 6.07) is 7.67. The van der Waals surface area contributed by atoms with Gasteiger partial charge >= 0.3 is 0 Å². The van der Waals surface area contributed by atoms with Gasteiger partial charge in [-0.3, -0.25) is 9.59 Å². The molecule has 2 amide bonds. The zero-order valence-corrected chi connectivity index (χ0v) is 14.1. The van der Waals surface area contributed by atoms with Gasteiger partial charge < -0.3 is 14.4 Å². The number of fused-ring (bicyclic) bond motifs is 5. The second-order valence-electron chi connectivity index (χ2n) is 7.26. The van der Waals surface area contributed by atoms with Crippen LogP contribution in [0.25, 0.3) is 0 Å². The van der Waals surface area contributed by atoms with Crippen LogP contribution in [0.1, 0.15) is 6.92 Å². The third-order valence-electron chi connectivity index (χ3n) is 5.81. The molecule has 0 spiro atoms. The summed E-state index contributed by atoms with van der Waals surface area (Å²) in [6.45, 7) is 5.05. The first kappa shape index (κ1) is 15.1.